The van der Waals surface area contributed by atoms with Crippen LogP contribution in [0.15, 0.2) is 18.2 Å². The number of amides is 4. The molecule has 4 amide bonds. The summed E-state index contributed by atoms with van der Waals surface area (Å²) < 4.78 is 5.40. The molecule has 9 nitrogen and oxygen atoms in total. The summed E-state index contributed by atoms with van der Waals surface area (Å²) in [7, 11) is 0. The molecule has 0 aliphatic heterocycles. The molecule has 3 unspecified atom stereocenters. The van der Waals surface area contributed by atoms with Crippen molar-refractivity contribution in [3.05, 3.63) is 34.9 Å². The minimum Gasteiger partial charge on any atom is -0.444 e. The molecule has 1 aromatic carbocycles. The van der Waals surface area contributed by atoms with E-state index in [9.17, 15) is 19.2 Å². The molecule has 3 atom stereocenters. The van der Waals surface area contributed by atoms with Crippen LogP contribution in [-0.4, -0.2) is 52.9 Å². The number of benzene rings is 1. The molecule has 0 aliphatic rings. The number of aryl methyl sites for hydroxylation is 2. The number of nitrogens with two attached hydrogens (primary N) is 1. The molecule has 0 aromatic heterocycles. The third-order valence-corrected chi connectivity index (χ3v) is 6.72. The molecule has 0 saturated carbocycles. The monoisotopic (exact) mass is 560 g/mol. The first-order chi connectivity index (χ1) is 18.7. The lowest BCUT2D eigenvalue weighted by Crippen LogP contribution is -2.54. The number of primary amides is 1. The Kier molecular flexibility index (Phi) is 14.7. The van der Waals surface area contributed by atoms with Gasteiger partial charge in [0.2, 0.25) is 17.7 Å². The minimum absolute atomic E-state index is 0.00757. The van der Waals surface area contributed by atoms with Gasteiger partial charge in [-0.3, -0.25) is 14.4 Å². The van der Waals surface area contributed by atoms with E-state index in [-0.39, 0.29) is 24.8 Å². The van der Waals surface area contributed by atoms with Crippen molar-refractivity contribution in [3.63, 3.8) is 0 Å². The van der Waals surface area contributed by atoms with Gasteiger partial charge in [-0.15, -0.1) is 0 Å². The Balaban J connectivity index is 3.57. The SMILES string of the molecule is CCCCCCN(C(=O)C(CCC(N)=O)NC(=O)OC(C)(C)C)C(C(=O)NC(C)CCC)c1ccc(C)c(C)c1. The highest BCUT2D eigenvalue weighted by Crippen LogP contribution is 2.26. The Labute approximate surface area is 241 Å². The summed E-state index contributed by atoms with van der Waals surface area (Å²) in [6.07, 6.45) is 4.41. The summed E-state index contributed by atoms with van der Waals surface area (Å²) in [5.41, 5.74) is 7.40. The smallest absolute Gasteiger partial charge is 0.408 e. The number of nitrogens with zero attached hydrogens (tertiary/aromatic N) is 1. The molecule has 0 fully saturated rings. The lowest BCUT2D eigenvalue weighted by Gasteiger charge is -2.35. The van der Waals surface area contributed by atoms with E-state index < -0.39 is 35.6 Å². The maximum absolute atomic E-state index is 14.2. The molecule has 0 radical (unpaired) electrons. The number of hydrogen-bond donors (Lipinski definition) is 3. The van der Waals surface area contributed by atoms with Gasteiger partial charge in [-0.25, -0.2) is 4.79 Å². The fourth-order valence-corrected chi connectivity index (χ4v) is 4.50. The summed E-state index contributed by atoms with van der Waals surface area (Å²) in [6, 6.07) is 3.69. The zero-order valence-electron chi connectivity index (χ0n) is 25.9. The molecule has 40 heavy (non-hydrogen) atoms. The van der Waals surface area contributed by atoms with Crippen molar-refractivity contribution in [2.24, 2.45) is 5.73 Å². The van der Waals surface area contributed by atoms with Crippen LogP contribution in [0.25, 0.3) is 0 Å². The van der Waals surface area contributed by atoms with E-state index in [2.05, 4.69) is 24.5 Å². The van der Waals surface area contributed by atoms with Gasteiger partial charge in [-0.05, 0) is 77.5 Å². The number of hydrogen-bond acceptors (Lipinski definition) is 5. The van der Waals surface area contributed by atoms with Gasteiger partial charge in [0.15, 0.2) is 0 Å². The molecule has 0 saturated heterocycles. The van der Waals surface area contributed by atoms with Crippen LogP contribution in [0.4, 0.5) is 4.79 Å². The Morgan fingerprint density at radius 2 is 1.62 bits per heavy atom. The summed E-state index contributed by atoms with van der Waals surface area (Å²) >= 11 is 0. The normalized spacial score (nSPS) is 13.6. The van der Waals surface area contributed by atoms with Gasteiger partial charge < -0.3 is 26.0 Å². The number of ether oxygens (including phenoxy) is 1. The van der Waals surface area contributed by atoms with E-state index in [4.69, 9.17) is 10.5 Å². The fraction of sp³-hybridized carbons (Fsp3) is 0.677. The van der Waals surface area contributed by atoms with E-state index in [1.807, 2.05) is 39.0 Å². The molecule has 226 valence electrons. The third kappa shape index (κ3) is 12.4. The molecule has 0 aliphatic carbocycles. The number of unbranched alkanes of at least 4 members (excludes halogenated alkanes) is 3. The standard InChI is InChI=1S/C31H52N4O5/c1-9-11-12-13-19-35(29(38)25(17-18-26(32)36)34-30(39)40-31(6,7)8)27(28(37)33-23(5)14-10-2)24-16-15-21(3)22(4)20-24/h15-16,20,23,25,27H,9-14,17-19H2,1-8H3,(H2,32,36)(H,33,37)(H,34,39). The van der Waals surface area contributed by atoms with Crippen LogP contribution in [0, 0.1) is 13.8 Å². The van der Waals surface area contributed by atoms with E-state index in [1.165, 1.54) is 0 Å². The predicted molar refractivity (Wildman–Crippen MR) is 159 cm³/mol. The first kappa shape index (κ1) is 34.9. The average molecular weight is 561 g/mol. The zero-order valence-corrected chi connectivity index (χ0v) is 25.9. The topological polar surface area (TPSA) is 131 Å². The van der Waals surface area contributed by atoms with Crippen molar-refractivity contribution >= 4 is 23.8 Å². The molecule has 0 bridgehead atoms. The van der Waals surface area contributed by atoms with Crippen LogP contribution in [0.1, 0.15) is 116 Å². The second-order valence-electron chi connectivity index (χ2n) is 11.7. The summed E-state index contributed by atoms with van der Waals surface area (Å²) in [6.45, 7) is 15.6. The maximum atomic E-state index is 14.2. The highest BCUT2D eigenvalue weighted by molar-refractivity contribution is 5.92. The number of nitrogens with one attached hydrogen (secondary N) is 2. The molecule has 0 heterocycles. The van der Waals surface area contributed by atoms with Crippen molar-refractivity contribution in [1.82, 2.24) is 15.5 Å². The molecule has 1 aromatic rings. The highest BCUT2D eigenvalue weighted by Gasteiger charge is 2.36. The molecular formula is C31H52N4O5. The summed E-state index contributed by atoms with van der Waals surface area (Å²) in [4.78, 5) is 54.0. The van der Waals surface area contributed by atoms with Crippen LogP contribution in [0.2, 0.25) is 0 Å². The van der Waals surface area contributed by atoms with Crippen molar-refractivity contribution in [1.29, 1.82) is 0 Å². The van der Waals surface area contributed by atoms with E-state index in [0.717, 1.165) is 43.2 Å². The summed E-state index contributed by atoms with van der Waals surface area (Å²) in [5.74, 6) is -1.32. The Hall–Kier alpha value is -3.10. The molecule has 9 heteroatoms. The zero-order chi connectivity index (χ0) is 30.5. The van der Waals surface area contributed by atoms with Crippen LogP contribution in [0.5, 0.6) is 0 Å². The van der Waals surface area contributed by atoms with Crippen molar-refractivity contribution in [2.75, 3.05) is 6.54 Å². The molecular weight excluding hydrogens is 508 g/mol. The van der Waals surface area contributed by atoms with Gasteiger partial charge in [0.05, 0.1) is 0 Å². The maximum Gasteiger partial charge on any atom is 0.408 e. The van der Waals surface area contributed by atoms with Gasteiger partial charge >= 0.3 is 6.09 Å². The average Bonchev–Trinajstić information content (AvgIpc) is 2.84. The Morgan fingerprint density at radius 3 is 2.17 bits per heavy atom. The largest absolute Gasteiger partial charge is 0.444 e. The van der Waals surface area contributed by atoms with Crippen molar-refractivity contribution in [2.45, 2.75) is 130 Å². The summed E-state index contributed by atoms with van der Waals surface area (Å²) in [5, 5.41) is 5.74. The van der Waals surface area contributed by atoms with Crippen molar-refractivity contribution in [3.8, 4) is 0 Å². The Morgan fingerprint density at radius 1 is 0.950 bits per heavy atom. The third-order valence-electron chi connectivity index (χ3n) is 6.72. The highest BCUT2D eigenvalue weighted by atomic mass is 16.6. The lowest BCUT2D eigenvalue weighted by molar-refractivity contribution is -0.143. The molecule has 1 rings (SSSR count). The molecule has 0 spiro atoms. The van der Waals surface area contributed by atoms with E-state index >= 15 is 0 Å². The van der Waals surface area contributed by atoms with Crippen molar-refractivity contribution < 1.29 is 23.9 Å². The minimum atomic E-state index is -1.09. The second-order valence-corrected chi connectivity index (χ2v) is 11.7. The fourth-order valence-electron chi connectivity index (χ4n) is 4.50. The lowest BCUT2D eigenvalue weighted by atomic mass is 9.97. The van der Waals surface area contributed by atoms with Crippen LogP contribution < -0.4 is 16.4 Å². The molecule has 4 N–H and O–H groups in total. The Bertz CT molecular complexity index is 988. The first-order valence-corrected chi connectivity index (χ1v) is 14.7. The van der Waals surface area contributed by atoms with Crippen LogP contribution in [-0.2, 0) is 19.1 Å². The number of carbonyl (C=O) groups is 4. The first-order valence-electron chi connectivity index (χ1n) is 14.7. The predicted octanol–water partition coefficient (Wildman–Crippen LogP) is 5.22. The van der Waals surface area contributed by atoms with Crippen LogP contribution >= 0.6 is 0 Å². The number of carbonyl (C=O) groups excluding carboxylic acids is 4. The quantitative estimate of drug-likeness (QED) is 0.239. The van der Waals surface area contributed by atoms with Crippen LogP contribution in [0.3, 0.4) is 0 Å². The van der Waals surface area contributed by atoms with Gasteiger partial charge in [0.25, 0.3) is 0 Å². The van der Waals surface area contributed by atoms with E-state index in [1.54, 1.807) is 25.7 Å². The van der Waals surface area contributed by atoms with Gasteiger partial charge in [-0.2, -0.15) is 0 Å². The number of alkyl carbamates (subject to hydrolysis) is 1. The van der Waals surface area contributed by atoms with Gasteiger partial charge in [0.1, 0.15) is 17.7 Å². The van der Waals surface area contributed by atoms with Gasteiger partial charge in [0, 0.05) is 19.0 Å². The van der Waals surface area contributed by atoms with Gasteiger partial charge in [-0.1, -0.05) is 57.7 Å². The van der Waals surface area contributed by atoms with E-state index in [0.29, 0.717) is 18.5 Å². The second kappa shape index (κ2) is 16.9. The number of rotatable bonds is 16.